The second-order valence-electron chi connectivity index (χ2n) is 6.10. The van der Waals surface area contributed by atoms with Crippen LogP contribution < -0.4 is 5.32 Å². The zero-order chi connectivity index (χ0) is 19.3. The summed E-state index contributed by atoms with van der Waals surface area (Å²) in [5.41, 5.74) is 2.17. The number of aliphatic carboxylic acids is 1. The van der Waals surface area contributed by atoms with Gasteiger partial charge in [-0.3, -0.25) is 9.59 Å². The Kier molecular flexibility index (Phi) is 6.22. The summed E-state index contributed by atoms with van der Waals surface area (Å²) in [5, 5.41) is 11.5. The van der Waals surface area contributed by atoms with Gasteiger partial charge in [0.2, 0.25) is 5.91 Å². The lowest BCUT2D eigenvalue weighted by Crippen LogP contribution is -2.34. The van der Waals surface area contributed by atoms with Crippen molar-refractivity contribution in [3.63, 3.8) is 0 Å². The van der Waals surface area contributed by atoms with Crippen LogP contribution in [0.1, 0.15) is 45.9 Å². The number of Topliss-reactive ketones (excluding diaryl/α,β-unsaturated/α-hetero) is 1. The first-order valence-corrected chi connectivity index (χ1v) is 8.16. The van der Waals surface area contributed by atoms with Crippen LogP contribution in [0.15, 0.2) is 42.5 Å². The molecule has 5 nitrogen and oxygen atoms in total. The van der Waals surface area contributed by atoms with E-state index in [4.69, 9.17) is 0 Å². The van der Waals surface area contributed by atoms with E-state index in [1.54, 1.807) is 6.07 Å². The number of amides is 1. The molecule has 0 bridgehead atoms. The standard InChI is InChI=1S/C20H20FNO4/c1-12-7-8-13(2)15(11-12)17(23)9-10-18(24)22-19(20(25)26)14-5-3-4-6-16(14)21/h3-8,11,19H,9-10H2,1-2H3,(H,22,24)(H,25,26). The van der Waals surface area contributed by atoms with Crippen molar-refractivity contribution in [3.05, 3.63) is 70.5 Å². The molecule has 0 aromatic heterocycles. The van der Waals surface area contributed by atoms with E-state index in [0.717, 1.165) is 17.2 Å². The lowest BCUT2D eigenvalue weighted by molar-refractivity contribution is -0.142. The van der Waals surface area contributed by atoms with Crippen LogP contribution in [-0.4, -0.2) is 22.8 Å². The fraction of sp³-hybridized carbons (Fsp3) is 0.250. The number of carbonyl (C=O) groups excluding carboxylic acids is 2. The van der Waals surface area contributed by atoms with Gasteiger partial charge in [0.1, 0.15) is 5.82 Å². The van der Waals surface area contributed by atoms with Gasteiger partial charge in [0.25, 0.3) is 0 Å². The summed E-state index contributed by atoms with van der Waals surface area (Å²) >= 11 is 0. The summed E-state index contributed by atoms with van der Waals surface area (Å²) in [5.74, 6) is -2.91. The van der Waals surface area contributed by atoms with Gasteiger partial charge >= 0.3 is 5.97 Å². The van der Waals surface area contributed by atoms with Crippen molar-refractivity contribution in [2.75, 3.05) is 0 Å². The maximum Gasteiger partial charge on any atom is 0.331 e. The lowest BCUT2D eigenvalue weighted by atomic mass is 9.99. The maximum atomic E-state index is 13.8. The molecule has 0 fully saturated rings. The van der Waals surface area contributed by atoms with E-state index in [1.165, 1.54) is 18.2 Å². The number of carbonyl (C=O) groups is 3. The molecular formula is C20H20FNO4. The van der Waals surface area contributed by atoms with Gasteiger partial charge < -0.3 is 10.4 Å². The molecule has 1 atom stereocenters. The summed E-state index contributed by atoms with van der Waals surface area (Å²) in [6, 6.07) is 9.34. The van der Waals surface area contributed by atoms with Crippen LogP contribution in [-0.2, 0) is 9.59 Å². The zero-order valence-electron chi connectivity index (χ0n) is 14.6. The molecule has 0 saturated heterocycles. The Labute approximate surface area is 150 Å². The first kappa shape index (κ1) is 19.3. The van der Waals surface area contributed by atoms with Crippen LogP contribution in [0.4, 0.5) is 4.39 Å². The van der Waals surface area contributed by atoms with Crippen molar-refractivity contribution in [3.8, 4) is 0 Å². The maximum absolute atomic E-state index is 13.8. The van der Waals surface area contributed by atoms with E-state index in [0.29, 0.717) is 5.56 Å². The number of carboxylic acid groups (broad SMARTS) is 1. The van der Waals surface area contributed by atoms with E-state index in [9.17, 15) is 23.9 Å². The fourth-order valence-electron chi connectivity index (χ4n) is 2.61. The first-order chi connectivity index (χ1) is 12.3. The molecule has 136 valence electrons. The van der Waals surface area contributed by atoms with Crippen molar-refractivity contribution >= 4 is 17.7 Å². The zero-order valence-corrected chi connectivity index (χ0v) is 14.6. The van der Waals surface area contributed by atoms with Crippen LogP contribution in [0.5, 0.6) is 0 Å². The number of rotatable bonds is 7. The van der Waals surface area contributed by atoms with E-state index in [-0.39, 0.29) is 24.2 Å². The third-order valence-corrected chi connectivity index (χ3v) is 4.04. The molecule has 0 aliphatic heterocycles. The number of carboxylic acids is 1. The highest BCUT2D eigenvalue weighted by Crippen LogP contribution is 2.18. The van der Waals surface area contributed by atoms with Crippen molar-refractivity contribution in [1.29, 1.82) is 0 Å². The fourth-order valence-corrected chi connectivity index (χ4v) is 2.61. The van der Waals surface area contributed by atoms with Crippen LogP contribution in [0.25, 0.3) is 0 Å². The van der Waals surface area contributed by atoms with Crippen molar-refractivity contribution in [2.24, 2.45) is 0 Å². The predicted octanol–water partition coefficient (Wildman–Crippen LogP) is 3.35. The summed E-state index contributed by atoms with van der Waals surface area (Å²) in [6.07, 6.45) is -0.232. The average molecular weight is 357 g/mol. The molecule has 0 aliphatic rings. The molecule has 0 aliphatic carbocycles. The van der Waals surface area contributed by atoms with Gasteiger partial charge in [0.15, 0.2) is 11.8 Å². The minimum Gasteiger partial charge on any atom is -0.479 e. The molecule has 1 unspecified atom stereocenters. The summed E-state index contributed by atoms with van der Waals surface area (Å²) in [4.78, 5) is 35.8. The van der Waals surface area contributed by atoms with Gasteiger partial charge in [-0.05, 0) is 31.5 Å². The molecule has 2 N–H and O–H groups in total. The van der Waals surface area contributed by atoms with Crippen LogP contribution >= 0.6 is 0 Å². The number of ketones is 1. The number of benzene rings is 2. The quantitative estimate of drug-likeness (QED) is 0.745. The second kappa shape index (κ2) is 8.38. The molecule has 0 heterocycles. The number of aryl methyl sites for hydroxylation is 2. The molecule has 0 radical (unpaired) electrons. The smallest absolute Gasteiger partial charge is 0.331 e. The monoisotopic (exact) mass is 357 g/mol. The van der Waals surface area contributed by atoms with Crippen molar-refractivity contribution in [2.45, 2.75) is 32.7 Å². The first-order valence-electron chi connectivity index (χ1n) is 8.16. The van der Waals surface area contributed by atoms with Gasteiger partial charge in [0, 0.05) is 24.0 Å². The third kappa shape index (κ3) is 4.75. The Morgan fingerprint density at radius 2 is 1.77 bits per heavy atom. The highest BCUT2D eigenvalue weighted by molar-refractivity contribution is 5.99. The molecule has 2 aromatic rings. The van der Waals surface area contributed by atoms with Crippen LogP contribution in [0.3, 0.4) is 0 Å². The molecule has 26 heavy (non-hydrogen) atoms. The minimum absolute atomic E-state index is 0.0558. The molecule has 2 rings (SSSR count). The number of nitrogens with one attached hydrogen (secondary N) is 1. The molecule has 0 spiro atoms. The Morgan fingerprint density at radius 1 is 1.08 bits per heavy atom. The predicted molar refractivity (Wildman–Crippen MR) is 94.4 cm³/mol. The third-order valence-electron chi connectivity index (χ3n) is 4.04. The minimum atomic E-state index is -1.50. The van der Waals surface area contributed by atoms with Crippen LogP contribution in [0, 0.1) is 19.7 Å². The summed E-state index contributed by atoms with van der Waals surface area (Å²) in [6.45, 7) is 3.68. The van der Waals surface area contributed by atoms with E-state index in [2.05, 4.69) is 5.32 Å². The topological polar surface area (TPSA) is 83.5 Å². The highest BCUT2D eigenvalue weighted by atomic mass is 19.1. The molecule has 0 saturated carbocycles. The highest BCUT2D eigenvalue weighted by Gasteiger charge is 2.25. The van der Waals surface area contributed by atoms with E-state index < -0.39 is 23.7 Å². The van der Waals surface area contributed by atoms with Gasteiger partial charge in [-0.25, -0.2) is 9.18 Å². The van der Waals surface area contributed by atoms with Gasteiger partial charge in [-0.1, -0.05) is 35.9 Å². The number of hydrogen-bond donors (Lipinski definition) is 2. The Bertz CT molecular complexity index is 847. The van der Waals surface area contributed by atoms with E-state index in [1.807, 2.05) is 26.0 Å². The second-order valence-corrected chi connectivity index (χ2v) is 6.10. The van der Waals surface area contributed by atoms with Crippen molar-refractivity contribution in [1.82, 2.24) is 5.32 Å². The molecule has 2 aromatic carbocycles. The van der Waals surface area contributed by atoms with Gasteiger partial charge in [0.05, 0.1) is 0 Å². The Hall–Kier alpha value is -3.02. The Balaban J connectivity index is 2.03. The lowest BCUT2D eigenvalue weighted by Gasteiger charge is -2.15. The molecule has 6 heteroatoms. The number of halogens is 1. The summed E-state index contributed by atoms with van der Waals surface area (Å²) < 4.78 is 13.8. The molecule has 1 amide bonds. The summed E-state index contributed by atoms with van der Waals surface area (Å²) in [7, 11) is 0. The molecular weight excluding hydrogens is 337 g/mol. The normalized spacial score (nSPS) is 11.7. The van der Waals surface area contributed by atoms with Crippen molar-refractivity contribution < 1.29 is 23.9 Å². The largest absolute Gasteiger partial charge is 0.479 e. The van der Waals surface area contributed by atoms with E-state index >= 15 is 0 Å². The van der Waals surface area contributed by atoms with Crippen LogP contribution in [0.2, 0.25) is 0 Å². The SMILES string of the molecule is Cc1ccc(C)c(C(=O)CCC(=O)NC(C(=O)O)c2ccccc2F)c1. The van der Waals surface area contributed by atoms with Gasteiger partial charge in [-0.15, -0.1) is 0 Å². The Morgan fingerprint density at radius 3 is 2.42 bits per heavy atom. The average Bonchev–Trinajstić information content (AvgIpc) is 2.60. The number of hydrogen-bond acceptors (Lipinski definition) is 3. The van der Waals surface area contributed by atoms with Gasteiger partial charge in [-0.2, -0.15) is 0 Å².